The zero-order valence-corrected chi connectivity index (χ0v) is 10.4. The Labute approximate surface area is 108 Å². The molecule has 0 spiro atoms. The lowest BCUT2D eigenvalue weighted by molar-refractivity contribution is 0.0953. The quantitative estimate of drug-likeness (QED) is 0.905. The van der Waals surface area contributed by atoms with Gasteiger partial charge in [0.1, 0.15) is 0 Å². The second-order valence-corrected chi connectivity index (χ2v) is 4.00. The van der Waals surface area contributed by atoms with Crippen molar-refractivity contribution in [1.82, 2.24) is 20.4 Å². The van der Waals surface area contributed by atoms with E-state index in [1.54, 1.807) is 13.0 Å². The van der Waals surface area contributed by atoms with Gasteiger partial charge in [-0.15, -0.1) is 0 Å². The number of nitrogens with one attached hydrogen (secondary N) is 1. The number of hydrogen-bond acceptors (Lipinski definition) is 5. The van der Waals surface area contributed by atoms with Crippen LogP contribution in [0.25, 0.3) is 0 Å². The molecule has 0 aliphatic rings. The van der Waals surface area contributed by atoms with Crippen molar-refractivity contribution in [2.75, 3.05) is 6.54 Å². The van der Waals surface area contributed by atoms with Gasteiger partial charge in [-0.25, -0.2) is 0 Å². The highest BCUT2D eigenvalue weighted by Gasteiger charge is 2.10. The molecule has 2 rings (SSSR count). The van der Waals surface area contributed by atoms with Crippen LogP contribution in [0.15, 0.2) is 23.0 Å². The van der Waals surface area contributed by atoms with Crippen molar-refractivity contribution in [2.45, 2.75) is 13.3 Å². The Hall–Kier alpha value is -1.95. The van der Waals surface area contributed by atoms with Crippen LogP contribution in [0.1, 0.15) is 22.1 Å². The lowest BCUT2D eigenvalue weighted by Gasteiger charge is -2.04. The maximum absolute atomic E-state index is 11.8. The number of nitrogens with zero attached hydrogens (tertiary/aromatic N) is 3. The van der Waals surface area contributed by atoms with Crippen LogP contribution in [-0.4, -0.2) is 27.6 Å². The lowest BCUT2D eigenvalue weighted by atomic mass is 10.2. The average Bonchev–Trinajstić information content (AvgIpc) is 2.75. The summed E-state index contributed by atoms with van der Waals surface area (Å²) < 4.78 is 4.93. The molecule has 2 heterocycles. The van der Waals surface area contributed by atoms with Gasteiger partial charge >= 0.3 is 0 Å². The molecular formula is C11H11ClN4O2. The number of pyridine rings is 1. The fourth-order valence-electron chi connectivity index (χ4n) is 1.38. The van der Waals surface area contributed by atoms with E-state index in [1.807, 2.05) is 0 Å². The topological polar surface area (TPSA) is 80.9 Å². The molecule has 0 unspecified atom stereocenters. The summed E-state index contributed by atoms with van der Waals surface area (Å²) in [6.45, 7) is 2.14. The molecule has 94 valence electrons. The van der Waals surface area contributed by atoms with Crippen molar-refractivity contribution in [3.05, 3.63) is 40.8 Å². The van der Waals surface area contributed by atoms with Crippen molar-refractivity contribution in [3.8, 4) is 0 Å². The zero-order chi connectivity index (χ0) is 13.0. The minimum absolute atomic E-state index is 0.251. The molecule has 0 saturated carbocycles. The predicted molar refractivity (Wildman–Crippen MR) is 64.3 cm³/mol. The van der Waals surface area contributed by atoms with Crippen LogP contribution in [0, 0.1) is 6.92 Å². The third-order valence-electron chi connectivity index (χ3n) is 2.21. The van der Waals surface area contributed by atoms with Crippen molar-refractivity contribution >= 4 is 17.5 Å². The summed E-state index contributed by atoms with van der Waals surface area (Å²) in [6.07, 6.45) is 3.43. The van der Waals surface area contributed by atoms with Crippen LogP contribution in [0.3, 0.4) is 0 Å². The molecule has 0 atom stereocenters. The zero-order valence-electron chi connectivity index (χ0n) is 9.68. The minimum Gasteiger partial charge on any atom is -0.351 e. The van der Waals surface area contributed by atoms with E-state index in [0.717, 1.165) is 0 Å². The van der Waals surface area contributed by atoms with Crippen LogP contribution in [0.5, 0.6) is 0 Å². The standard InChI is InChI=1S/C11H11ClN4O2/c1-7-15-10(18-16-7)3-5-14-11(17)8-2-4-13-6-9(8)12/h2,4,6H,3,5H2,1H3,(H,14,17). The van der Waals surface area contributed by atoms with Gasteiger partial charge in [-0.1, -0.05) is 16.8 Å². The summed E-state index contributed by atoms with van der Waals surface area (Å²) in [5, 5.41) is 6.70. The summed E-state index contributed by atoms with van der Waals surface area (Å²) in [4.78, 5) is 19.6. The van der Waals surface area contributed by atoms with Crippen molar-refractivity contribution in [1.29, 1.82) is 0 Å². The first-order chi connectivity index (χ1) is 8.66. The molecule has 7 heteroatoms. The van der Waals surface area contributed by atoms with Crippen molar-refractivity contribution < 1.29 is 9.32 Å². The van der Waals surface area contributed by atoms with E-state index in [0.29, 0.717) is 35.3 Å². The van der Waals surface area contributed by atoms with Gasteiger partial charge in [-0.2, -0.15) is 4.98 Å². The molecule has 0 fully saturated rings. The molecule has 0 radical (unpaired) electrons. The summed E-state index contributed by atoms with van der Waals surface area (Å²) in [5.41, 5.74) is 0.397. The van der Waals surface area contributed by atoms with E-state index in [1.165, 1.54) is 12.4 Å². The van der Waals surface area contributed by atoms with Gasteiger partial charge in [0.05, 0.1) is 10.6 Å². The monoisotopic (exact) mass is 266 g/mol. The number of amides is 1. The maximum Gasteiger partial charge on any atom is 0.252 e. The van der Waals surface area contributed by atoms with E-state index in [9.17, 15) is 4.79 Å². The highest BCUT2D eigenvalue weighted by atomic mass is 35.5. The molecule has 0 bridgehead atoms. The van der Waals surface area contributed by atoms with Gasteiger partial charge in [0, 0.05) is 25.4 Å². The number of hydrogen-bond donors (Lipinski definition) is 1. The molecule has 2 aromatic heterocycles. The molecular weight excluding hydrogens is 256 g/mol. The normalized spacial score (nSPS) is 10.3. The Balaban J connectivity index is 1.87. The van der Waals surface area contributed by atoms with E-state index in [4.69, 9.17) is 16.1 Å². The molecule has 2 aromatic rings. The Morgan fingerprint density at radius 2 is 2.39 bits per heavy atom. The van der Waals surface area contributed by atoms with Crippen LogP contribution in [0.2, 0.25) is 5.02 Å². The van der Waals surface area contributed by atoms with Gasteiger partial charge in [0.2, 0.25) is 5.89 Å². The Morgan fingerprint density at radius 3 is 3.06 bits per heavy atom. The van der Waals surface area contributed by atoms with Crippen LogP contribution >= 0.6 is 11.6 Å². The highest BCUT2D eigenvalue weighted by Crippen LogP contribution is 2.12. The molecule has 18 heavy (non-hydrogen) atoms. The summed E-state index contributed by atoms with van der Waals surface area (Å²) in [7, 11) is 0. The third kappa shape index (κ3) is 3.04. The molecule has 0 aliphatic carbocycles. The molecule has 0 aliphatic heterocycles. The first-order valence-corrected chi connectivity index (χ1v) is 5.71. The van der Waals surface area contributed by atoms with E-state index >= 15 is 0 Å². The van der Waals surface area contributed by atoms with Gasteiger partial charge in [0.15, 0.2) is 5.82 Å². The molecule has 0 aromatic carbocycles. The molecule has 0 saturated heterocycles. The van der Waals surface area contributed by atoms with Crippen LogP contribution < -0.4 is 5.32 Å². The van der Waals surface area contributed by atoms with Crippen LogP contribution in [0.4, 0.5) is 0 Å². The van der Waals surface area contributed by atoms with Crippen molar-refractivity contribution in [2.24, 2.45) is 0 Å². The number of aryl methyl sites for hydroxylation is 1. The Morgan fingerprint density at radius 1 is 1.56 bits per heavy atom. The number of halogens is 1. The fourth-order valence-corrected chi connectivity index (χ4v) is 1.58. The first-order valence-electron chi connectivity index (χ1n) is 5.33. The lowest BCUT2D eigenvalue weighted by Crippen LogP contribution is -2.26. The fraction of sp³-hybridized carbons (Fsp3) is 0.273. The second-order valence-electron chi connectivity index (χ2n) is 3.60. The largest absolute Gasteiger partial charge is 0.351 e. The van der Waals surface area contributed by atoms with E-state index in [2.05, 4.69) is 20.4 Å². The van der Waals surface area contributed by atoms with E-state index in [-0.39, 0.29) is 5.91 Å². The third-order valence-corrected chi connectivity index (χ3v) is 2.51. The molecule has 1 amide bonds. The van der Waals surface area contributed by atoms with Gasteiger partial charge in [0.25, 0.3) is 5.91 Å². The van der Waals surface area contributed by atoms with E-state index < -0.39 is 0 Å². The number of carbonyl (C=O) groups is 1. The average molecular weight is 267 g/mol. The predicted octanol–water partition coefficient (Wildman–Crippen LogP) is 1.40. The van der Waals surface area contributed by atoms with Gasteiger partial charge in [-0.3, -0.25) is 9.78 Å². The van der Waals surface area contributed by atoms with Gasteiger partial charge < -0.3 is 9.84 Å². The summed E-state index contributed by atoms with van der Waals surface area (Å²) in [5.74, 6) is 0.820. The van der Waals surface area contributed by atoms with Gasteiger partial charge in [-0.05, 0) is 13.0 Å². The SMILES string of the molecule is Cc1noc(CCNC(=O)c2ccncc2Cl)n1. The Kier molecular flexibility index (Phi) is 3.88. The maximum atomic E-state index is 11.8. The van der Waals surface area contributed by atoms with Crippen molar-refractivity contribution in [3.63, 3.8) is 0 Å². The summed E-state index contributed by atoms with van der Waals surface area (Å²) >= 11 is 5.85. The molecule has 1 N–H and O–H groups in total. The number of carbonyl (C=O) groups excluding carboxylic acids is 1. The minimum atomic E-state index is -0.251. The summed E-state index contributed by atoms with van der Waals surface area (Å²) in [6, 6.07) is 1.56. The Bertz CT molecular complexity index is 555. The smallest absolute Gasteiger partial charge is 0.252 e. The number of rotatable bonds is 4. The van der Waals surface area contributed by atoms with Crippen LogP contribution in [-0.2, 0) is 6.42 Å². The first kappa shape index (κ1) is 12.5. The number of aromatic nitrogens is 3. The second kappa shape index (κ2) is 5.59. The highest BCUT2D eigenvalue weighted by molar-refractivity contribution is 6.33. The molecule has 6 nitrogen and oxygen atoms in total.